The average Bonchev–Trinajstić information content (AvgIpc) is 2.80. The first-order valence-electron chi connectivity index (χ1n) is 7.62. The molecule has 26 heavy (non-hydrogen) atoms. The Labute approximate surface area is 158 Å². The lowest BCUT2D eigenvalue weighted by molar-refractivity contribution is -0.138. The van der Waals surface area contributed by atoms with Crippen molar-refractivity contribution in [1.82, 2.24) is 15.5 Å². The van der Waals surface area contributed by atoms with Crippen molar-refractivity contribution in [1.29, 1.82) is 0 Å². The van der Waals surface area contributed by atoms with Gasteiger partial charge in [-0.05, 0) is 19.1 Å². The lowest BCUT2D eigenvalue weighted by atomic mass is 10.1. The summed E-state index contributed by atoms with van der Waals surface area (Å²) in [5, 5.41) is 5.20. The lowest BCUT2D eigenvalue weighted by Gasteiger charge is -2.24. The van der Waals surface area contributed by atoms with E-state index in [1.165, 1.54) is 12.1 Å². The molecule has 136 valence electrons. The van der Waals surface area contributed by atoms with E-state index < -0.39 is 23.8 Å². The minimum atomic E-state index is -0.641. The van der Waals surface area contributed by atoms with Crippen LogP contribution in [0.3, 0.4) is 0 Å². The van der Waals surface area contributed by atoms with Crippen LogP contribution in [0.15, 0.2) is 23.4 Å². The summed E-state index contributed by atoms with van der Waals surface area (Å²) < 4.78 is 4.95. The van der Waals surface area contributed by atoms with Crippen molar-refractivity contribution in [3.05, 3.63) is 44.6 Å². The van der Waals surface area contributed by atoms with E-state index in [4.69, 9.17) is 27.9 Å². The Hall–Kier alpha value is -2.58. The van der Waals surface area contributed by atoms with Crippen molar-refractivity contribution in [3.8, 4) is 0 Å². The van der Waals surface area contributed by atoms with E-state index in [0.717, 1.165) is 4.90 Å². The minimum Gasteiger partial charge on any atom is -0.463 e. The van der Waals surface area contributed by atoms with E-state index in [9.17, 15) is 19.2 Å². The number of imide groups is 1. The van der Waals surface area contributed by atoms with Gasteiger partial charge in [-0.1, -0.05) is 23.2 Å². The molecule has 8 nitrogen and oxygen atoms in total. The van der Waals surface area contributed by atoms with Crippen LogP contribution in [-0.4, -0.2) is 48.4 Å². The topological polar surface area (TPSA) is 105 Å². The second-order valence-electron chi connectivity index (χ2n) is 5.49. The largest absolute Gasteiger partial charge is 0.463 e. The molecule has 0 saturated heterocycles. The highest BCUT2D eigenvalue weighted by molar-refractivity contribution is 6.43. The summed E-state index contributed by atoms with van der Waals surface area (Å²) in [7, 11) is 0. The third-order valence-electron chi connectivity index (χ3n) is 3.90. The molecule has 0 spiro atoms. The Morgan fingerprint density at radius 3 is 2.27 bits per heavy atom. The Morgan fingerprint density at radius 1 is 1.15 bits per heavy atom. The summed E-state index contributed by atoms with van der Waals surface area (Å²) in [6, 6.07) is 2.10. The normalized spacial score (nSPS) is 16.4. The highest BCUT2D eigenvalue weighted by Gasteiger charge is 2.38. The highest BCUT2D eigenvalue weighted by Crippen LogP contribution is 2.32. The summed E-state index contributed by atoms with van der Waals surface area (Å²) in [6.07, 6.45) is 0. The number of halogens is 2. The fraction of sp³-hybridized carbons (Fsp3) is 0.250. The van der Waals surface area contributed by atoms with Crippen molar-refractivity contribution in [3.63, 3.8) is 0 Å². The van der Waals surface area contributed by atoms with Crippen molar-refractivity contribution in [2.75, 3.05) is 19.7 Å². The molecule has 0 fully saturated rings. The number of nitrogens with zero attached hydrogens (tertiary/aromatic N) is 1. The number of fused-ring (bicyclic) bond motifs is 1. The summed E-state index contributed by atoms with van der Waals surface area (Å²) in [5.41, 5.74) is 0.490. The van der Waals surface area contributed by atoms with Gasteiger partial charge in [0.05, 0.1) is 52.1 Å². The van der Waals surface area contributed by atoms with Crippen LogP contribution < -0.4 is 10.6 Å². The Balaban J connectivity index is 1.94. The molecule has 1 aromatic carbocycles. The van der Waals surface area contributed by atoms with Crippen molar-refractivity contribution in [2.24, 2.45) is 0 Å². The quantitative estimate of drug-likeness (QED) is 0.594. The van der Waals surface area contributed by atoms with Gasteiger partial charge in [0.2, 0.25) is 0 Å². The van der Waals surface area contributed by atoms with Crippen LogP contribution in [0.4, 0.5) is 4.79 Å². The van der Waals surface area contributed by atoms with Gasteiger partial charge < -0.3 is 15.4 Å². The third-order valence-corrected chi connectivity index (χ3v) is 4.63. The molecule has 10 heteroatoms. The number of esters is 1. The number of hydrogen-bond donors (Lipinski definition) is 2. The van der Waals surface area contributed by atoms with Crippen LogP contribution in [0.5, 0.6) is 0 Å². The lowest BCUT2D eigenvalue weighted by Crippen LogP contribution is -2.47. The minimum absolute atomic E-state index is 0.0686. The fourth-order valence-corrected chi connectivity index (χ4v) is 2.99. The average molecular weight is 398 g/mol. The van der Waals surface area contributed by atoms with Crippen molar-refractivity contribution in [2.45, 2.75) is 6.92 Å². The molecule has 0 radical (unpaired) electrons. The number of benzene rings is 1. The monoisotopic (exact) mass is 397 g/mol. The van der Waals surface area contributed by atoms with E-state index in [0.29, 0.717) is 0 Å². The van der Waals surface area contributed by atoms with E-state index >= 15 is 0 Å². The number of nitrogens with one attached hydrogen (secondary N) is 2. The predicted molar refractivity (Wildman–Crippen MR) is 92.0 cm³/mol. The zero-order valence-corrected chi connectivity index (χ0v) is 15.0. The molecule has 0 unspecified atom stereocenters. The van der Waals surface area contributed by atoms with Gasteiger partial charge in [-0.3, -0.25) is 14.5 Å². The molecule has 3 rings (SSSR count). The smallest absolute Gasteiger partial charge is 0.337 e. The summed E-state index contributed by atoms with van der Waals surface area (Å²) >= 11 is 11.8. The van der Waals surface area contributed by atoms with Gasteiger partial charge in [0, 0.05) is 0 Å². The van der Waals surface area contributed by atoms with E-state index in [2.05, 4.69) is 10.6 Å². The van der Waals surface area contributed by atoms with Gasteiger partial charge in [0.15, 0.2) is 0 Å². The number of ether oxygens (including phenoxy) is 1. The molecule has 0 bridgehead atoms. The molecule has 2 aliphatic heterocycles. The van der Waals surface area contributed by atoms with Gasteiger partial charge in [-0.25, -0.2) is 9.59 Å². The standard InChI is InChI=1S/C16H13Cl2N3O5/c1-2-26-15(24)9-5-19-16(25)20-12(9)6-21-13(22)7-3-10(17)11(18)4-8(7)14(21)23/h3-4H,2,5-6H2,1H3,(H2,19,20,25). The highest BCUT2D eigenvalue weighted by atomic mass is 35.5. The Morgan fingerprint density at radius 2 is 1.73 bits per heavy atom. The number of urea groups is 1. The van der Waals surface area contributed by atoms with E-state index in [-0.39, 0.29) is 52.1 Å². The molecule has 4 amide bonds. The number of rotatable bonds is 4. The molecule has 2 aliphatic rings. The number of amides is 4. The van der Waals surface area contributed by atoms with Crippen molar-refractivity contribution >= 4 is 47.0 Å². The first kappa shape index (κ1) is 18.2. The summed E-state index contributed by atoms with van der Waals surface area (Å²) in [5.74, 6) is -1.82. The summed E-state index contributed by atoms with van der Waals surface area (Å²) in [4.78, 5) is 49.7. The molecular formula is C16H13Cl2N3O5. The molecule has 2 N–H and O–H groups in total. The second-order valence-corrected chi connectivity index (χ2v) is 6.31. The van der Waals surface area contributed by atoms with Gasteiger partial charge >= 0.3 is 12.0 Å². The van der Waals surface area contributed by atoms with E-state index in [1.54, 1.807) is 6.92 Å². The zero-order chi connectivity index (χ0) is 19.0. The summed E-state index contributed by atoms with van der Waals surface area (Å²) in [6.45, 7) is 1.43. The van der Waals surface area contributed by atoms with Crippen LogP contribution >= 0.6 is 23.2 Å². The van der Waals surface area contributed by atoms with Crippen molar-refractivity contribution < 1.29 is 23.9 Å². The maximum atomic E-state index is 12.6. The van der Waals surface area contributed by atoms with Gasteiger partial charge in [-0.15, -0.1) is 0 Å². The zero-order valence-electron chi connectivity index (χ0n) is 13.5. The molecule has 0 aromatic heterocycles. The Kier molecular flexibility index (Phi) is 4.88. The molecule has 0 aliphatic carbocycles. The van der Waals surface area contributed by atoms with Crippen LogP contribution in [0.2, 0.25) is 10.0 Å². The molecule has 0 saturated carbocycles. The van der Waals surface area contributed by atoms with Crippen LogP contribution in [-0.2, 0) is 9.53 Å². The van der Waals surface area contributed by atoms with Crippen LogP contribution in [0.1, 0.15) is 27.6 Å². The predicted octanol–water partition coefficient (Wildman–Crippen LogP) is 1.72. The van der Waals surface area contributed by atoms with Crippen LogP contribution in [0, 0.1) is 0 Å². The second kappa shape index (κ2) is 6.97. The number of carbonyl (C=O) groups is 4. The van der Waals surface area contributed by atoms with Gasteiger partial charge in [0.25, 0.3) is 11.8 Å². The first-order valence-corrected chi connectivity index (χ1v) is 8.38. The number of hydrogen-bond acceptors (Lipinski definition) is 5. The fourth-order valence-electron chi connectivity index (χ4n) is 2.67. The molecule has 2 heterocycles. The molecular weight excluding hydrogens is 385 g/mol. The van der Waals surface area contributed by atoms with E-state index in [1.807, 2.05) is 0 Å². The molecule has 1 aromatic rings. The van der Waals surface area contributed by atoms with Gasteiger partial charge in [0.1, 0.15) is 0 Å². The molecule has 0 atom stereocenters. The Bertz CT molecular complexity index is 840. The SMILES string of the molecule is CCOC(=O)C1=C(CN2C(=O)c3cc(Cl)c(Cl)cc3C2=O)NC(=O)NC1. The number of carbonyl (C=O) groups excluding carboxylic acids is 4. The third kappa shape index (κ3) is 3.13. The van der Waals surface area contributed by atoms with Gasteiger partial charge in [-0.2, -0.15) is 0 Å². The maximum absolute atomic E-state index is 12.6. The maximum Gasteiger partial charge on any atom is 0.337 e. The first-order chi connectivity index (χ1) is 12.3. The van der Waals surface area contributed by atoms with Crippen LogP contribution in [0.25, 0.3) is 0 Å².